The number of carbonyl (C=O) groups excluding carboxylic acids is 1. The first-order chi connectivity index (χ1) is 16.2. The molecule has 0 unspecified atom stereocenters. The van der Waals surface area contributed by atoms with Gasteiger partial charge in [0.25, 0.3) is 0 Å². The molecule has 0 saturated carbocycles. The topological polar surface area (TPSA) is 63.2 Å². The number of carbonyl (C=O) groups is 1. The van der Waals surface area contributed by atoms with Gasteiger partial charge in [0.15, 0.2) is 5.78 Å². The number of rotatable bonds is 7. The standard InChI is InChI=1S/C27H28N4O2/c28-27-30(15-14-29-16-18-33-19-17-29)24-8-4-5-9-25(24)31(27)20-26(32)23-12-10-22(11-13-23)21-6-2-1-3-7-21/h1-13,28H,14-20H2. The van der Waals surface area contributed by atoms with Gasteiger partial charge in [-0.25, -0.2) is 0 Å². The second kappa shape index (κ2) is 9.57. The minimum Gasteiger partial charge on any atom is -0.379 e. The summed E-state index contributed by atoms with van der Waals surface area (Å²) in [5.74, 6) is 0.00388. The summed E-state index contributed by atoms with van der Waals surface area (Å²) in [7, 11) is 0. The highest BCUT2D eigenvalue weighted by Crippen LogP contribution is 2.20. The summed E-state index contributed by atoms with van der Waals surface area (Å²) < 4.78 is 9.27. The van der Waals surface area contributed by atoms with Crippen LogP contribution in [-0.4, -0.2) is 52.7 Å². The number of benzene rings is 3. The van der Waals surface area contributed by atoms with Gasteiger partial charge in [-0.2, -0.15) is 0 Å². The van der Waals surface area contributed by atoms with E-state index in [0.717, 1.165) is 55.0 Å². The predicted octanol–water partition coefficient (Wildman–Crippen LogP) is 3.80. The van der Waals surface area contributed by atoms with Crippen LogP contribution in [0.4, 0.5) is 0 Å². The molecule has 2 heterocycles. The smallest absolute Gasteiger partial charge is 0.203 e. The molecule has 0 amide bonds. The van der Waals surface area contributed by atoms with Crippen LogP contribution in [0.25, 0.3) is 22.2 Å². The lowest BCUT2D eigenvalue weighted by molar-refractivity contribution is 0.0363. The number of aromatic nitrogens is 2. The lowest BCUT2D eigenvalue weighted by Crippen LogP contribution is -2.39. The molecule has 0 aliphatic carbocycles. The highest BCUT2D eigenvalue weighted by molar-refractivity contribution is 5.97. The van der Waals surface area contributed by atoms with E-state index >= 15 is 0 Å². The fourth-order valence-corrected chi connectivity index (χ4v) is 4.46. The Morgan fingerprint density at radius 3 is 2.06 bits per heavy atom. The Labute approximate surface area is 193 Å². The third kappa shape index (κ3) is 4.53. The Balaban J connectivity index is 1.37. The molecule has 4 aromatic rings. The van der Waals surface area contributed by atoms with Crippen LogP contribution in [0.1, 0.15) is 10.4 Å². The number of ketones is 1. The second-order valence-electron chi connectivity index (χ2n) is 8.37. The lowest BCUT2D eigenvalue weighted by Gasteiger charge is -2.26. The number of Topliss-reactive ketones (excluding diaryl/α,β-unsaturated/α-hetero) is 1. The minimum atomic E-state index is 0.00388. The molecule has 1 saturated heterocycles. The van der Waals surface area contributed by atoms with Crippen LogP contribution >= 0.6 is 0 Å². The maximum atomic E-state index is 13.1. The van der Waals surface area contributed by atoms with E-state index in [1.54, 1.807) is 0 Å². The van der Waals surface area contributed by atoms with Gasteiger partial charge in [-0.1, -0.05) is 66.7 Å². The van der Waals surface area contributed by atoms with Crippen molar-refractivity contribution in [1.29, 1.82) is 5.41 Å². The number of morpholine rings is 1. The van der Waals surface area contributed by atoms with Crippen LogP contribution < -0.4 is 5.62 Å². The van der Waals surface area contributed by atoms with Crippen LogP contribution in [-0.2, 0) is 17.8 Å². The summed E-state index contributed by atoms with van der Waals surface area (Å²) in [4.78, 5) is 15.5. The Morgan fingerprint density at radius 2 is 1.36 bits per heavy atom. The molecule has 1 N–H and O–H groups in total. The van der Waals surface area contributed by atoms with Crippen LogP contribution in [0.5, 0.6) is 0 Å². The van der Waals surface area contributed by atoms with E-state index in [9.17, 15) is 4.79 Å². The largest absolute Gasteiger partial charge is 0.379 e. The molecule has 3 aromatic carbocycles. The average molecular weight is 441 g/mol. The molecule has 0 spiro atoms. The molecule has 0 bridgehead atoms. The number of ether oxygens (including phenoxy) is 1. The number of para-hydroxylation sites is 2. The quantitative estimate of drug-likeness (QED) is 0.445. The third-order valence-corrected chi connectivity index (χ3v) is 6.33. The monoisotopic (exact) mass is 440 g/mol. The van der Waals surface area contributed by atoms with E-state index in [2.05, 4.69) is 17.0 Å². The molecule has 33 heavy (non-hydrogen) atoms. The van der Waals surface area contributed by atoms with Crippen molar-refractivity contribution in [2.75, 3.05) is 32.8 Å². The summed E-state index contributed by atoms with van der Waals surface area (Å²) in [6.07, 6.45) is 0. The molecule has 1 aromatic heterocycles. The van der Waals surface area contributed by atoms with Crippen molar-refractivity contribution >= 4 is 16.8 Å². The van der Waals surface area contributed by atoms with E-state index in [1.807, 2.05) is 75.9 Å². The number of nitrogens with one attached hydrogen (secondary N) is 1. The summed E-state index contributed by atoms with van der Waals surface area (Å²) in [5.41, 5.74) is 5.13. The van der Waals surface area contributed by atoms with E-state index in [1.165, 1.54) is 0 Å². The Kier molecular flexibility index (Phi) is 6.19. The minimum absolute atomic E-state index is 0.00388. The maximum absolute atomic E-state index is 13.1. The molecule has 0 atom stereocenters. The predicted molar refractivity (Wildman–Crippen MR) is 129 cm³/mol. The van der Waals surface area contributed by atoms with Crippen molar-refractivity contribution in [3.8, 4) is 11.1 Å². The number of hydrogen-bond acceptors (Lipinski definition) is 4. The fourth-order valence-electron chi connectivity index (χ4n) is 4.46. The molecule has 5 rings (SSSR count). The molecule has 6 heteroatoms. The molecule has 0 radical (unpaired) electrons. The van der Waals surface area contributed by atoms with E-state index in [0.29, 0.717) is 17.7 Å². The molecule has 168 valence electrons. The maximum Gasteiger partial charge on any atom is 0.203 e. The number of imidazole rings is 1. The average Bonchev–Trinajstić information content (AvgIpc) is 3.14. The molecule has 1 fully saturated rings. The van der Waals surface area contributed by atoms with Gasteiger partial charge in [-0.15, -0.1) is 0 Å². The van der Waals surface area contributed by atoms with Crippen molar-refractivity contribution < 1.29 is 9.53 Å². The fraction of sp³-hybridized carbons (Fsp3) is 0.259. The zero-order valence-corrected chi connectivity index (χ0v) is 18.6. The summed E-state index contributed by atoms with van der Waals surface area (Å²) in [6, 6.07) is 25.8. The van der Waals surface area contributed by atoms with Crippen LogP contribution in [0, 0.1) is 5.41 Å². The van der Waals surface area contributed by atoms with Gasteiger partial charge < -0.3 is 13.9 Å². The van der Waals surface area contributed by atoms with Crippen molar-refractivity contribution in [2.24, 2.45) is 0 Å². The van der Waals surface area contributed by atoms with E-state index < -0.39 is 0 Å². The first kappa shape index (κ1) is 21.4. The van der Waals surface area contributed by atoms with E-state index in [4.69, 9.17) is 10.1 Å². The highest BCUT2D eigenvalue weighted by Gasteiger charge is 2.16. The summed E-state index contributed by atoms with van der Waals surface area (Å²) >= 11 is 0. The van der Waals surface area contributed by atoms with Crippen molar-refractivity contribution in [2.45, 2.75) is 13.1 Å². The SMILES string of the molecule is N=c1n(CCN2CCOCC2)c2ccccc2n1CC(=O)c1ccc(-c2ccccc2)cc1. The Bertz CT molecular complexity index is 1300. The second-order valence-corrected chi connectivity index (χ2v) is 8.37. The van der Waals surface area contributed by atoms with Gasteiger partial charge in [0.1, 0.15) is 0 Å². The van der Waals surface area contributed by atoms with Crippen LogP contribution in [0.2, 0.25) is 0 Å². The summed E-state index contributed by atoms with van der Waals surface area (Å²) in [5, 5.41) is 8.82. The number of nitrogens with zero attached hydrogens (tertiary/aromatic N) is 3. The molecule has 1 aliphatic heterocycles. The van der Waals surface area contributed by atoms with Crippen LogP contribution in [0.3, 0.4) is 0 Å². The first-order valence-electron chi connectivity index (χ1n) is 11.4. The Hall–Kier alpha value is -3.48. The molecule has 1 aliphatic rings. The zero-order chi connectivity index (χ0) is 22.6. The molecular formula is C27H28N4O2. The van der Waals surface area contributed by atoms with E-state index in [-0.39, 0.29) is 12.3 Å². The van der Waals surface area contributed by atoms with Gasteiger partial charge in [-0.3, -0.25) is 15.1 Å². The zero-order valence-electron chi connectivity index (χ0n) is 18.6. The van der Waals surface area contributed by atoms with Gasteiger partial charge in [0, 0.05) is 31.7 Å². The van der Waals surface area contributed by atoms with Gasteiger partial charge in [0.05, 0.1) is 30.8 Å². The van der Waals surface area contributed by atoms with Crippen molar-refractivity contribution in [3.63, 3.8) is 0 Å². The van der Waals surface area contributed by atoms with Crippen molar-refractivity contribution in [3.05, 3.63) is 90.0 Å². The van der Waals surface area contributed by atoms with Crippen LogP contribution in [0.15, 0.2) is 78.9 Å². The van der Waals surface area contributed by atoms with Gasteiger partial charge >= 0.3 is 0 Å². The third-order valence-electron chi connectivity index (χ3n) is 6.33. The highest BCUT2D eigenvalue weighted by atomic mass is 16.5. The number of hydrogen-bond donors (Lipinski definition) is 1. The summed E-state index contributed by atoms with van der Waals surface area (Å²) in [6.45, 7) is 5.09. The number of fused-ring (bicyclic) bond motifs is 1. The van der Waals surface area contributed by atoms with Gasteiger partial charge in [0.2, 0.25) is 5.62 Å². The van der Waals surface area contributed by atoms with Gasteiger partial charge in [-0.05, 0) is 23.3 Å². The molecular weight excluding hydrogens is 412 g/mol. The van der Waals surface area contributed by atoms with Crippen molar-refractivity contribution in [1.82, 2.24) is 14.0 Å². The first-order valence-corrected chi connectivity index (χ1v) is 11.4. The molecule has 6 nitrogen and oxygen atoms in total. The normalized spacial score (nSPS) is 14.5. The Morgan fingerprint density at radius 1 is 0.758 bits per heavy atom. The lowest BCUT2D eigenvalue weighted by atomic mass is 10.0.